The Morgan fingerprint density at radius 2 is 1.54 bits per heavy atom. The highest BCUT2D eigenvalue weighted by Crippen LogP contribution is 2.54. The molecule has 1 spiro atoms. The van der Waals surface area contributed by atoms with E-state index in [4.69, 9.17) is 4.74 Å². The highest BCUT2D eigenvalue weighted by Gasteiger charge is 2.66. The summed E-state index contributed by atoms with van der Waals surface area (Å²) in [6.45, 7) is 0. The molecular weight excluding hydrogens is 364 g/mol. The molecular formula is C24H16N2OS+2. The van der Waals surface area contributed by atoms with Gasteiger partial charge < -0.3 is 4.74 Å². The first kappa shape index (κ1) is 14.9. The van der Waals surface area contributed by atoms with Crippen LogP contribution in [0.5, 0.6) is 11.6 Å². The standard InChI is InChI=1S/C24H16N2OS/c1-3-13-25-17(8-1)15-16-7-5-10-19-22(16)24(25)23-18(9-6-11-20(23)28-19)27-21-12-2-4-14-26(21)24/h1-14H,15H2/q+2. The van der Waals surface area contributed by atoms with E-state index in [9.17, 15) is 0 Å². The number of hydrogen-bond donors (Lipinski definition) is 0. The molecule has 0 bridgehead atoms. The summed E-state index contributed by atoms with van der Waals surface area (Å²) in [5.74, 6) is 1.81. The van der Waals surface area contributed by atoms with Crippen molar-refractivity contribution in [2.24, 2.45) is 0 Å². The lowest BCUT2D eigenvalue weighted by Gasteiger charge is -2.38. The number of rotatable bonds is 0. The van der Waals surface area contributed by atoms with Crippen molar-refractivity contribution in [3.63, 3.8) is 0 Å². The first-order valence-electron chi connectivity index (χ1n) is 9.50. The van der Waals surface area contributed by atoms with Gasteiger partial charge in [-0.25, -0.2) is 0 Å². The summed E-state index contributed by atoms with van der Waals surface area (Å²) in [6.07, 6.45) is 5.31. The largest absolute Gasteiger partial charge is 0.424 e. The summed E-state index contributed by atoms with van der Waals surface area (Å²) >= 11 is 1.85. The fraction of sp³-hybridized carbons (Fsp3) is 0.0833. The average molecular weight is 380 g/mol. The first-order valence-corrected chi connectivity index (χ1v) is 10.3. The molecule has 1 atom stereocenters. The zero-order valence-electron chi connectivity index (χ0n) is 15.0. The van der Waals surface area contributed by atoms with Crippen LogP contribution in [0.2, 0.25) is 0 Å². The smallest absolute Gasteiger partial charge is 0.404 e. The normalized spacial score (nSPS) is 19.6. The number of aromatic nitrogens is 2. The topological polar surface area (TPSA) is 17.0 Å². The molecule has 0 amide bonds. The van der Waals surface area contributed by atoms with Gasteiger partial charge in [0.05, 0.1) is 12.5 Å². The summed E-state index contributed by atoms with van der Waals surface area (Å²) in [4.78, 5) is 2.58. The Bertz CT molecular complexity index is 1180. The van der Waals surface area contributed by atoms with Crippen LogP contribution < -0.4 is 13.9 Å². The molecule has 0 fully saturated rings. The zero-order valence-corrected chi connectivity index (χ0v) is 15.8. The Morgan fingerprint density at radius 1 is 0.750 bits per heavy atom. The van der Waals surface area contributed by atoms with Gasteiger partial charge in [0.2, 0.25) is 0 Å². The van der Waals surface area contributed by atoms with Crippen LogP contribution in [0.1, 0.15) is 22.4 Å². The van der Waals surface area contributed by atoms with E-state index in [1.165, 1.54) is 32.2 Å². The molecule has 2 aromatic heterocycles. The highest BCUT2D eigenvalue weighted by molar-refractivity contribution is 7.99. The van der Waals surface area contributed by atoms with Gasteiger partial charge in [0, 0.05) is 28.0 Å². The van der Waals surface area contributed by atoms with Gasteiger partial charge in [0.1, 0.15) is 5.56 Å². The predicted molar refractivity (Wildman–Crippen MR) is 105 cm³/mol. The van der Waals surface area contributed by atoms with Crippen molar-refractivity contribution in [3.8, 4) is 11.6 Å². The number of pyridine rings is 2. The number of ether oxygens (including phenoxy) is 1. The number of fused-ring (bicyclic) bond motifs is 2. The van der Waals surface area contributed by atoms with Crippen LogP contribution in [0.3, 0.4) is 0 Å². The highest BCUT2D eigenvalue weighted by atomic mass is 32.2. The van der Waals surface area contributed by atoms with Crippen LogP contribution in [-0.4, -0.2) is 0 Å². The molecule has 5 heterocycles. The zero-order chi connectivity index (χ0) is 18.3. The minimum absolute atomic E-state index is 0.465. The van der Waals surface area contributed by atoms with E-state index in [1.54, 1.807) is 0 Å². The number of nitrogens with zero attached hydrogens (tertiary/aromatic N) is 2. The van der Waals surface area contributed by atoms with Crippen LogP contribution >= 0.6 is 11.8 Å². The van der Waals surface area contributed by atoms with Crippen LogP contribution in [0.4, 0.5) is 0 Å². The molecule has 0 aliphatic carbocycles. The molecule has 7 rings (SSSR count). The van der Waals surface area contributed by atoms with Gasteiger partial charge in [-0.15, -0.1) is 4.57 Å². The molecule has 3 aliphatic rings. The Kier molecular flexibility index (Phi) is 2.67. The van der Waals surface area contributed by atoms with Gasteiger partial charge in [-0.3, -0.25) is 0 Å². The molecule has 3 nitrogen and oxygen atoms in total. The van der Waals surface area contributed by atoms with Crippen molar-refractivity contribution in [1.29, 1.82) is 0 Å². The van der Waals surface area contributed by atoms with Gasteiger partial charge in [-0.2, -0.15) is 0 Å². The van der Waals surface area contributed by atoms with E-state index in [-0.39, 0.29) is 0 Å². The fourth-order valence-corrected chi connectivity index (χ4v) is 6.35. The molecule has 2 aromatic carbocycles. The molecule has 28 heavy (non-hydrogen) atoms. The molecule has 4 heteroatoms. The lowest BCUT2D eigenvalue weighted by Crippen LogP contribution is -2.78. The van der Waals surface area contributed by atoms with Crippen molar-refractivity contribution in [1.82, 2.24) is 0 Å². The third-order valence-corrected chi connectivity index (χ3v) is 7.19. The Labute approximate surface area is 166 Å². The maximum absolute atomic E-state index is 6.38. The molecule has 1 unspecified atom stereocenters. The second kappa shape index (κ2) is 5.03. The predicted octanol–water partition coefficient (Wildman–Crippen LogP) is 4.03. The SMILES string of the molecule is c1cc2c3c(c1)Sc1cccc4c1C3([n+]1ccccc1C2)[n+]1ccccc1O4. The lowest BCUT2D eigenvalue weighted by atomic mass is 9.80. The van der Waals surface area contributed by atoms with Gasteiger partial charge in [-0.05, 0) is 29.8 Å². The maximum atomic E-state index is 6.38. The van der Waals surface area contributed by atoms with Crippen LogP contribution in [0.25, 0.3) is 0 Å². The van der Waals surface area contributed by atoms with Crippen molar-refractivity contribution in [2.45, 2.75) is 21.9 Å². The molecule has 4 aromatic rings. The molecule has 132 valence electrons. The van der Waals surface area contributed by atoms with E-state index in [1.807, 2.05) is 17.8 Å². The Morgan fingerprint density at radius 3 is 2.46 bits per heavy atom. The van der Waals surface area contributed by atoms with E-state index < -0.39 is 5.66 Å². The average Bonchev–Trinajstić information content (AvgIpc) is 2.74. The van der Waals surface area contributed by atoms with Crippen molar-refractivity contribution in [3.05, 3.63) is 108 Å². The minimum atomic E-state index is -0.465. The van der Waals surface area contributed by atoms with E-state index >= 15 is 0 Å². The van der Waals surface area contributed by atoms with Crippen molar-refractivity contribution in [2.75, 3.05) is 0 Å². The molecule has 0 N–H and O–H groups in total. The van der Waals surface area contributed by atoms with Gasteiger partial charge >= 0.3 is 11.5 Å². The van der Waals surface area contributed by atoms with E-state index in [2.05, 4.69) is 88.3 Å². The Balaban J connectivity index is 1.77. The monoisotopic (exact) mass is 380 g/mol. The van der Waals surface area contributed by atoms with Gasteiger partial charge in [-0.1, -0.05) is 40.6 Å². The molecule has 3 aliphatic heterocycles. The Hall–Kier alpha value is -3.11. The van der Waals surface area contributed by atoms with Crippen LogP contribution in [0.15, 0.2) is 95.0 Å². The number of benzene rings is 2. The summed E-state index contributed by atoms with van der Waals surface area (Å²) in [6, 6.07) is 25.9. The molecule has 0 saturated carbocycles. The third-order valence-electron chi connectivity index (χ3n) is 6.07. The summed E-state index contributed by atoms with van der Waals surface area (Å²) < 4.78 is 11.1. The maximum Gasteiger partial charge on any atom is 0.424 e. The second-order valence-electron chi connectivity index (χ2n) is 7.44. The summed E-state index contributed by atoms with van der Waals surface area (Å²) in [5, 5.41) is 0. The molecule has 0 radical (unpaired) electrons. The van der Waals surface area contributed by atoms with Crippen molar-refractivity contribution < 1.29 is 13.9 Å². The third kappa shape index (κ3) is 1.60. The minimum Gasteiger partial charge on any atom is -0.404 e. The fourth-order valence-electron chi connectivity index (χ4n) is 5.09. The van der Waals surface area contributed by atoms with E-state index in [0.717, 1.165) is 18.1 Å². The van der Waals surface area contributed by atoms with Crippen LogP contribution in [-0.2, 0) is 12.1 Å². The van der Waals surface area contributed by atoms with E-state index in [0.29, 0.717) is 0 Å². The first-order chi connectivity index (χ1) is 13.9. The van der Waals surface area contributed by atoms with Gasteiger partial charge in [0.15, 0.2) is 29.4 Å². The van der Waals surface area contributed by atoms with Crippen molar-refractivity contribution >= 4 is 11.8 Å². The summed E-state index contributed by atoms with van der Waals surface area (Å²) in [7, 11) is 0. The lowest BCUT2D eigenvalue weighted by molar-refractivity contribution is -0.978. The van der Waals surface area contributed by atoms with Gasteiger partial charge in [0.25, 0.3) is 0 Å². The quantitative estimate of drug-likeness (QED) is 0.370. The summed E-state index contributed by atoms with van der Waals surface area (Å²) in [5.41, 5.74) is 4.85. The molecule has 0 saturated heterocycles. The second-order valence-corrected chi connectivity index (χ2v) is 8.53. The van der Waals surface area contributed by atoms with Crippen LogP contribution in [0, 0.1) is 0 Å². The number of hydrogen-bond acceptors (Lipinski definition) is 2.